The smallest absolute Gasteiger partial charge is 0.127 e. The summed E-state index contributed by atoms with van der Waals surface area (Å²) in [5.74, 6) is 0.949. The molecule has 0 unspecified atom stereocenters. The topological polar surface area (TPSA) is 95.2 Å². The first kappa shape index (κ1) is 29.9. The van der Waals surface area contributed by atoms with Gasteiger partial charge in [0.25, 0.3) is 0 Å². The number of aryl methyl sites for hydroxylation is 1. The lowest BCUT2D eigenvalue weighted by Crippen LogP contribution is -2.25. The first-order valence-corrected chi connectivity index (χ1v) is 15.8. The number of halogens is 1. The number of aromatic amines is 2. The zero-order valence-corrected chi connectivity index (χ0v) is 26.4. The molecular weight excluding hydrogens is 581 g/mol. The van der Waals surface area contributed by atoms with E-state index in [-0.39, 0.29) is 5.82 Å². The quantitative estimate of drug-likeness (QED) is 0.167. The number of pyridine rings is 2. The van der Waals surface area contributed by atoms with Crippen LogP contribution in [0.4, 0.5) is 4.39 Å². The second kappa shape index (κ2) is 12.9. The highest BCUT2D eigenvalue weighted by Gasteiger charge is 2.17. The van der Waals surface area contributed by atoms with Crippen LogP contribution in [0.2, 0.25) is 0 Å². The number of likely N-dealkylation sites (N-methyl/N-ethyl adjacent to an activating group) is 1. The summed E-state index contributed by atoms with van der Waals surface area (Å²) in [5, 5.41) is 9.59. The van der Waals surface area contributed by atoms with E-state index in [0.29, 0.717) is 30.2 Å². The fourth-order valence-electron chi connectivity index (χ4n) is 6.10. The maximum Gasteiger partial charge on any atom is 0.127 e. The molecular formula is C36H38FN7O2. The van der Waals surface area contributed by atoms with E-state index in [0.717, 1.165) is 81.9 Å². The number of rotatable bonds is 11. The molecule has 1 aliphatic rings. The van der Waals surface area contributed by atoms with Gasteiger partial charge in [0.1, 0.15) is 36.2 Å². The zero-order valence-electron chi connectivity index (χ0n) is 26.4. The largest absolute Gasteiger partial charge is 0.492 e. The van der Waals surface area contributed by atoms with Gasteiger partial charge in [-0.2, -0.15) is 5.10 Å². The summed E-state index contributed by atoms with van der Waals surface area (Å²) in [6.07, 6.45) is 6.09. The monoisotopic (exact) mass is 619 g/mol. The molecule has 0 bridgehead atoms. The van der Waals surface area contributed by atoms with Crippen LogP contribution in [-0.2, 0) is 0 Å². The number of benzene rings is 2. The molecule has 0 aliphatic carbocycles. The number of fused-ring (bicyclic) bond motifs is 2. The third-order valence-corrected chi connectivity index (χ3v) is 8.42. The van der Waals surface area contributed by atoms with Crippen molar-refractivity contribution in [3.05, 3.63) is 78.4 Å². The highest BCUT2D eigenvalue weighted by Crippen LogP contribution is 2.35. The van der Waals surface area contributed by atoms with Crippen LogP contribution in [-0.4, -0.2) is 88.4 Å². The average molecular weight is 620 g/mol. The number of ether oxygens (including phenoxy) is 2. The Balaban J connectivity index is 1.19. The van der Waals surface area contributed by atoms with Crippen molar-refractivity contribution in [3.63, 3.8) is 0 Å². The molecule has 2 N–H and O–H groups in total. The highest BCUT2D eigenvalue weighted by atomic mass is 19.1. The molecule has 46 heavy (non-hydrogen) atoms. The van der Waals surface area contributed by atoms with Gasteiger partial charge in [-0.25, -0.2) is 4.39 Å². The molecule has 236 valence electrons. The molecule has 1 fully saturated rings. The summed E-state index contributed by atoms with van der Waals surface area (Å²) in [6.45, 7) is 7.19. The van der Waals surface area contributed by atoms with Gasteiger partial charge in [-0.3, -0.25) is 20.0 Å². The van der Waals surface area contributed by atoms with Gasteiger partial charge >= 0.3 is 0 Å². The molecule has 5 heterocycles. The Morgan fingerprint density at radius 3 is 2.48 bits per heavy atom. The van der Waals surface area contributed by atoms with Crippen molar-refractivity contribution in [2.24, 2.45) is 0 Å². The summed E-state index contributed by atoms with van der Waals surface area (Å²) in [7, 11) is 3.94. The van der Waals surface area contributed by atoms with E-state index in [1.807, 2.05) is 43.4 Å². The van der Waals surface area contributed by atoms with Gasteiger partial charge in [0.2, 0.25) is 0 Å². The van der Waals surface area contributed by atoms with Crippen LogP contribution in [0.15, 0.2) is 67.0 Å². The third kappa shape index (κ3) is 6.45. The second-order valence-corrected chi connectivity index (χ2v) is 12.3. The predicted octanol–water partition coefficient (Wildman–Crippen LogP) is 6.70. The van der Waals surface area contributed by atoms with Crippen molar-refractivity contribution in [1.29, 1.82) is 0 Å². The Kier molecular flexibility index (Phi) is 8.38. The van der Waals surface area contributed by atoms with Gasteiger partial charge in [0.15, 0.2) is 0 Å². The molecule has 6 aromatic rings. The highest BCUT2D eigenvalue weighted by molar-refractivity contribution is 6.00. The van der Waals surface area contributed by atoms with Crippen molar-refractivity contribution in [3.8, 4) is 45.4 Å². The molecule has 0 atom stereocenters. The number of nitrogens with zero attached hydrogens (tertiary/aromatic N) is 5. The zero-order chi connectivity index (χ0) is 31.6. The number of aromatic nitrogens is 5. The fraction of sp³-hybridized carbons (Fsp3) is 0.306. The van der Waals surface area contributed by atoms with Crippen LogP contribution < -0.4 is 9.47 Å². The van der Waals surface area contributed by atoms with E-state index >= 15 is 0 Å². The summed E-state index contributed by atoms with van der Waals surface area (Å²) < 4.78 is 26.7. The van der Waals surface area contributed by atoms with Crippen molar-refractivity contribution in [1.82, 2.24) is 34.9 Å². The minimum Gasteiger partial charge on any atom is -0.492 e. The molecule has 4 aromatic heterocycles. The SMILES string of the molecule is Cc1cc(OCCN2CCCC2)cc(-c2cc3c(-c4cc5c(-c6cc(F)cc(OCCN(C)C)c6)nccc5[nH]4)n[nH]c3cn2)c1. The van der Waals surface area contributed by atoms with Gasteiger partial charge in [0.05, 0.1) is 28.8 Å². The summed E-state index contributed by atoms with van der Waals surface area (Å²) in [6, 6.07) is 17.0. The van der Waals surface area contributed by atoms with Crippen LogP contribution >= 0.6 is 0 Å². The van der Waals surface area contributed by atoms with Crippen molar-refractivity contribution in [2.75, 3.05) is 53.5 Å². The summed E-state index contributed by atoms with van der Waals surface area (Å²) in [5.41, 5.74) is 7.54. The van der Waals surface area contributed by atoms with Gasteiger partial charge < -0.3 is 19.4 Å². The Labute approximate surface area is 267 Å². The molecule has 0 amide bonds. The predicted molar refractivity (Wildman–Crippen MR) is 180 cm³/mol. The molecule has 1 aliphatic heterocycles. The van der Waals surface area contributed by atoms with E-state index in [2.05, 4.69) is 56.3 Å². The van der Waals surface area contributed by atoms with Crippen LogP contribution in [0, 0.1) is 12.7 Å². The van der Waals surface area contributed by atoms with Crippen LogP contribution in [0.1, 0.15) is 18.4 Å². The molecule has 2 aromatic carbocycles. The lowest BCUT2D eigenvalue weighted by atomic mass is 10.0. The van der Waals surface area contributed by atoms with Crippen LogP contribution in [0.25, 0.3) is 55.7 Å². The average Bonchev–Trinajstić information content (AvgIpc) is 3.80. The Bertz CT molecular complexity index is 1990. The number of likely N-dealkylation sites (tertiary alicyclic amines) is 1. The second-order valence-electron chi connectivity index (χ2n) is 12.3. The lowest BCUT2D eigenvalue weighted by molar-refractivity contribution is 0.238. The molecule has 7 rings (SSSR count). The number of hydrogen-bond acceptors (Lipinski definition) is 7. The first-order chi connectivity index (χ1) is 22.4. The molecule has 0 spiro atoms. The van der Waals surface area contributed by atoms with Gasteiger partial charge in [-0.1, -0.05) is 0 Å². The summed E-state index contributed by atoms with van der Waals surface area (Å²) in [4.78, 5) is 17.4. The third-order valence-electron chi connectivity index (χ3n) is 8.42. The molecule has 1 saturated heterocycles. The number of nitrogens with one attached hydrogen (secondary N) is 2. The molecule has 0 saturated carbocycles. The normalized spacial score (nSPS) is 13.8. The minimum absolute atomic E-state index is 0.374. The van der Waals surface area contributed by atoms with Crippen LogP contribution in [0.5, 0.6) is 11.5 Å². The van der Waals surface area contributed by atoms with Crippen molar-refractivity contribution in [2.45, 2.75) is 19.8 Å². The number of hydrogen-bond donors (Lipinski definition) is 2. The van der Waals surface area contributed by atoms with Gasteiger partial charge in [0, 0.05) is 52.8 Å². The van der Waals surface area contributed by atoms with Crippen LogP contribution in [0.3, 0.4) is 0 Å². The van der Waals surface area contributed by atoms with E-state index in [1.165, 1.54) is 25.0 Å². The Hall–Kier alpha value is -4.80. The maximum absolute atomic E-state index is 14.7. The van der Waals surface area contributed by atoms with Crippen molar-refractivity contribution >= 4 is 21.8 Å². The van der Waals surface area contributed by atoms with E-state index in [4.69, 9.17) is 14.5 Å². The Morgan fingerprint density at radius 1 is 0.848 bits per heavy atom. The lowest BCUT2D eigenvalue weighted by Gasteiger charge is -2.15. The standard InChI is InChI=1S/C36H38FN7O2/c1-23-14-24(17-27(15-23)46-13-11-44-8-4-5-9-44)32-20-30-34(22-39-32)41-42-36(30)33-21-29-31(40-33)6-7-38-35(29)25-16-26(37)19-28(18-25)45-12-10-43(2)3/h6-7,14-22,40H,4-5,8-13H2,1-3H3,(H,41,42). The van der Waals surface area contributed by atoms with Gasteiger partial charge in [-0.05, 0) is 101 Å². The van der Waals surface area contributed by atoms with E-state index in [9.17, 15) is 4.39 Å². The Morgan fingerprint density at radius 2 is 1.63 bits per heavy atom. The van der Waals surface area contributed by atoms with Crippen molar-refractivity contribution < 1.29 is 13.9 Å². The molecule has 0 radical (unpaired) electrons. The molecule has 10 heteroatoms. The number of H-pyrrole nitrogens is 2. The fourth-order valence-corrected chi connectivity index (χ4v) is 6.10. The molecule has 9 nitrogen and oxygen atoms in total. The van der Waals surface area contributed by atoms with E-state index < -0.39 is 0 Å². The summed E-state index contributed by atoms with van der Waals surface area (Å²) >= 11 is 0. The maximum atomic E-state index is 14.7. The van der Waals surface area contributed by atoms with E-state index in [1.54, 1.807) is 6.20 Å². The first-order valence-electron chi connectivity index (χ1n) is 15.8. The van der Waals surface area contributed by atoms with Gasteiger partial charge in [-0.15, -0.1) is 0 Å². The minimum atomic E-state index is -0.374.